The van der Waals surface area contributed by atoms with E-state index in [1.54, 1.807) is 4.90 Å². The molecule has 1 aliphatic heterocycles. The van der Waals surface area contributed by atoms with Gasteiger partial charge in [0.25, 0.3) is 5.91 Å². The van der Waals surface area contributed by atoms with E-state index in [-0.39, 0.29) is 35.7 Å². The number of para-hydroxylation sites is 1. The summed E-state index contributed by atoms with van der Waals surface area (Å²) in [6, 6.07) is 12.8. The van der Waals surface area contributed by atoms with Gasteiger partial charge in [0.15, 0.2) is 12.4 Å². The molecule has 0 bridgehead atoms. The number of rotatable bonds is 7. The van der Waals surface area contributed by atoms with Gasteiger partial charge in [-0.05, 0) is 37.1 Å². The zero-order valence-corrected chi connectivity index (χ0v) is 17.5. The number of amides is 2. The summed E-state index contributed by atoms with van der Waals surface area (Å²) in [6.45, 7) is 0.385. The van der Waals surface area contributed by atoms with E-state index in [1.807, 2.05) is 30.3 Å². The fourth-order valence-electron chi connectivity index (χ4n) is 3.41. The standard InChI is InChI=1S/C22H23N3O7/c1-31-22(28)16-7-8-19(18(13-16)25(29)30)32-14-20(26)24-11-9-15(10-12-24)21(27)23-17-5-3-2-4-6-17/h2-8,13,15H,9-12,14H2,1H3,(H,23,27). The Balaban J connectivity index is 1.52. The number of hydrogen-bond acceptors (Lipinski definition) is 7. The summed E-state index contributed by atoms with van der Waals surface area (Å²) >= 11 is 0. The number of carbonyl (C=O) groups excluding carboxylic acids is 3. The minimum absolute atomic E-state index is 0.00808. The minimum atomic E-state index is -0.713. The Hall–Kier alpha value is -3.95. The summed E-state index contributed by atoms with van der Waals surface area (Å²) in [4.78, 5) is 48.7. The molecule has 0 aliphatic carbocycles. The Morgan fingerprint density at radius 3 is 2.44 bits per heavy atom. The zero-order valence-electron chi connectivity index (χ0n) is 17.5. The van der Waals surface area contributed by atoms with Gasteiger partial charge < -0.3 is 19.7 Å². The average Bonchev–Trinajstić information content (AvgIpc) is 2.82. The number of carbonyl (C=O) groups is 3. The maximum atomic E-state index is 12.5. The van der Waals surface area contributed by atoms with Gasteiger partial charge in [-0.25, -0.2) is 4.79 Å². The summed E-state index contributed by atoms with van der Waals surface area (Å²) in [5.41, 5.74) is 0.301. The third-order valence-electron chi connectivity index (χ3n) is 5.19. The van der Waals surface area contributed by atoms with Gasteiger partial charge in [0.2, 0.25) is 5.91 Å². The minimum Gasteiger partial charge on any atom is -0.477 e. The van der Waals surface area contributed by atoms with E-state index in [1.165, 1.54) is 19.2 Å². The number of benzene rings is 2. The van der Waals surface area contributed by atoms with Crippen LogP contribution in [0.15, 0.2) is 48.5 Å². The predicted molar refractivity (Wildman–Crippen MR) is 114 cm³/mol. The van der Waals surface area contributed by atoms with Crippen LogP contribution in [0.4, 0.5) is 11.4 Å². The smallest absolute Gasteiger partial charge is 0.338 e. The van der Waals surface area contributed by atoms with Crippen molar-refractivity contribution in [3.8, 4) is 5.75 Å². The first-order chi connectivity index (χ1) is 15.4. The molecule has 0 atom stereocenters. The van der Waals surface area contributed by atoms with Crippen molar-refractivity contribution in [2.24, 2.45) is 5.92 Å². The lowest BCUT2D eigenvalue weighted by atomic mass is 9.95. The number of nitrogens with zero attached hydrogens (tertiary/aromatic N) is 2. The van der Waals surface area contributed by atoms with E-state index in [0.29, 0.717) is 25.9 Å². The van der Waals surface area contributed by atoms with E-state index >= 15 is 0 Å². The van der Waals surface area contributed by atoms with E-state index < -0.39 is 16.6 Å². The molecule has 0 saturated carbocycles. The second-order valence-electron chi connectivity index (χ2n) is 7.23. The monoisotopic (exact) mass is 441 g/mol. The Kier molecular flexibility index (Phi) is 7.37. The number of hydrogen-bond donors (Lipinski definition) is 1. The molecule has 0 aromatic heterocycles. The van der Waals surface area contributed by atoms with Crippen molar-refractivity contribution in [1.29, 1.82) is 0 Å². The molecule has 0 unspecified atom stereocenters. The highest BCUT2D eigenvalue weighted by Gasteiger charge is 2.28. The molecule has 10 heteroatoms. The first-order valence-electron chi connectivity index (χ1n) is 10.0. The van der Waals surface area contributed by atoms with Gasteiger partial charge in [-0.15, -0.1) is 0 Å². The van der Waals surface area contributed by atoms with Crippen LogP contribution < -0.4 is 10.1 Å². The Bertz CT molecular complexity index is 1000. The fourth-order valence-corrected chi connectivity index (χ4v) is 3.41. The molecule has 10 nitrogen and oxygen atoms in total. The van der Waals surface area contributed by atoms with Crippen LogP contribution in [0.3, 0.4) is 0 Å². The van der Waals surface area contributed by atoms with Crippen molar-refractivity contribution in [1.82, 2.24) is 4.90 Å². The highest BCUT2D eigenvalue weighted by molar-refractivity contribution is 5.93. The summed E-state index contributed by atoms with van der Waals surface area (Å²) in [7, 11) is 1.17. The molecule has 2 aromatic carbocycles. The number of nitro benzene ring substituents is 1. The maximum Gasteiger partial charge on any atom is 0.338 e. The van der Waals surface area contributed by atoms with Gasteiger partial charge in [-0.2, -0.15) is 0 Å². The number of ether oxygens (including phenoxy) is 2. The molecule has 1 aliphatic rings. The molecule has 32 heavy (non-hydrogen) atoms. The summed E-state index contributed by atoms with van der Waals surface area (Å²) in [5, 5.41) is 14.2. The molecule has 2 amide bonds. The summed E-state index contributed by atoms with van der Waals surface area (Å²) in [5.74, 6) is -1.45. The second-order valence-corrected chi connectivity index (χ2v) is 7.23. The van der Waals surface area contributed by atoms with E-state index in [2.05, 4.69) is 10.1 Å². The zero-order chi connectivity index (χ0) is 23.1. The van der Waals surface area contributed by atoms with Gasteiger partial charge in [-0.1, -0.05) is 18.2 Å². The lowest BCUT2D eigenvalue weighted by Gasteiger charge is -2.31. The Morgan fingerprint density at radius 2 is 1.81 bits per heavy atom. The van der Waals surface area contributed by atoms with Crippen molar-refractivity contribution in [2.45, 2.75) is 12.8 Å². The van der Waals surface area contributed by atoms with E-state index in [4.69, 9.17) is 4.74 Å². The van der Waals surface area contributed by atoms with Gasteiger partial charge in [-0.3, -0.25) is 19.7 Å². The molecular weight excluding hydrogens is 418 g/mol. The molecule has 1 N–H and O–H groups in total. The molecule has 2 aromatic rings. The number of esters is 1. The summed E-state index contributed by atoms with van der Waals surface area (Å²) < 4.78 is 9.93. The van der Waals surface area contributed by atoms with Crippen molar-refractivity contribution in [2.75, 3.05) is 32.1 Å². The fraction of sp³-hybridized carbons (Fsp3) is 0.318. The molecule has 1 fully saturated rings. The van der Waals surface area contributed by atoms with Gasteiger partial charge in [0.05, 0.1) is 17.6 Å². The first kappa shape index (κ1) is 22.7. The van der Waals surface area contributed by atoms with Crippen LogP contribution >= 0.6 is 0 Å². The number of piperidine rings is 1. The van der Waals surface area contributed by atoms with Crippen molar-refractivity contribution >= 4 is 29.2 Å². The average molecular weight is 441 g/mol. The molecule has 0 spiro atoms. The quantitative estimate of drug-likeness (QED) is 0.397. The van der Waals surface area contributed by atoms with Gasteiger partial charge in [0.1, 0.15) is 0 Å². The normalized spacial score (nSPS) is 13.8. The molecule has 168 valence electrons. The lowest BCUT2D eigenvalue weighted by Crippen LogP contribution is -2.43. The van der Waals surface area contributed by atoms with Crippen LogP contribution in [0.2, 0.25) is 0 Å². The second kappa shape index (κ2) is 10.4. The van der Waals surface area contributed by atoms with Crippen LogP contribution in [0.1, 0.15) is 23.2 Å². The third kappa shape index (κ3) is 5.60. The molecule has 1 heterocycles. The maximum absolute atomic E-state index is 12.5. The SMILES string of the molecule is COC(=O)c1ccc(OCC(=O)N2CCC(C(=O)Nc3ccccc3)CC2)c([N+](=O)[O-])c1. The van der Waals surface area contributed by atoms with Crippen molar-refractivity contribution < 1.29 is 28.8 Å². The van der Waals surface area contributed by atoms with Crippen LogP contribution in [-0.2, 0) is 14.3 Å². The highest BCUT2D eigenvalue weighted by atomic mass is 16.6. The lowest BCUT2D eigenvalue weighted by molar-refractivity contribution is -0.385. The highest BCUT2D eigenvalue weighted by Crippen LogP contribution is 2.28. The van der Waals surface area contributed by atoms with Crippen LogP contribution in [0, 0.1) is 16.0 Å². The van der Waals surface area contributed by atoms with E-state index in [0.717, 1.165) is 11.8 Å². The van der Waals surface area contributed by atoms with Crippen LogP contribution in [0.5, 0.6) is 5.75 Å². The molecule has 0 radical (unpaired) electrons. The summed E-state index contributed by atoms with van der Waals surface area (Å²) in [6.07, 6.45) is 1.02. The Labute approximate surface area is 184 Å². The van der Waals surface area contributed by atoms with Crippen LogP contribution in [-0.4, -0.2) is 54.4 Å². The number of methoxy groups -OCH3 is 1. The largest absolute Gasteiger partial charge is 0.477 e. The predicted octanol–water partition coefficient (Wildman–Crippen LogP) is 2.64. The van der Waals surface area contributed by atoms with Crippen molar-refractivity contribution in [3.63, 3.8) is 0 Å². The first-order valence-corrected chi connectivity index (χ1v) is 10.0. The third-order valence-corrected chi connectivity index (χ3v) is 5.19. The number of nitrogens with one attached hydrogen (secondary N) is 1. The molecule has 3 rings (SSSR count). The van der Waals surface area contributed by atoms with E-state index in [9.17, 15) is 24.5 Å². The van der Waals surface area contributed by atoms with Crippen molar-refractivity contribution in [3.05, 3.63) is 64.2 Å². The topological polar surface area (TPSA) is 128 Å². The molecular formula is C22H23N3O7. The number of anilines is 1. The van der Waals surface area contributed by atoms with Crippen LogP contribution in [0.25, 0.3) is 0 Å². The van der Waals surface area contributed by atoms with Gasteiger partial charge in [0, 0.05) is 30.8 Å². The Morgan fingerprint density at radius 1 is 1.12 bits per heavy atom. The number of nitro groups is 1. The molecule has 1 saturated heterocycles. The number of likely N-dealkylation sites (tertiary alicyclic amines) is 1. The van der Waals surface area contributed by atoms with Gasteiger partial charge >= 0.3 is 11.7 Å².